The molecule has 12 rings (SSSR count). The summed E-state index contributed by atoms with van der Waals surface area (Å²) in [5, 5.41) is 2.26. The van der Waals surface area contributed by atoms with Crippen molar-refractivity contribution in [2.75, 3.05) is 16.3 Å². The summed E-state index contributed by atoms with van der Waals surface area (Å²) >= 11 is 0. The van der Waals surface area contributed by atoms with E-state index in [0.717, 1.165) is 51.2 Å². The maximum atomic E-state index is 6.56. The summed E-state index contributed by atoms with van der Waals surface area (Å²) < 4.78 is 8.81. The van der Waals surface area contributed by atoms with Gasteiger partial charge in [0.25, 0.3) is 0 Å². The Balaban J connectivity index is 0.00000361. The van der Waals surface area contributed by atoms with Crippen LogP contribution in [0.5, 0.6) is 11.5 Å². The molecule has 0 unspecified atom stereocenters. The van der Waals surface area contributed by atoms with Crippen molar-refractivity contribution in [3.05, 3.63) is 192 Å². The van der Waals surface area contributed by atoms with Crippen LogP contribution >= 0.6 is 0 Å². The van der Waals surface area contributed by atoms with E-state index in [0.29, 0.717) is 17.4 Å². The van der Waals surface area contributed by atoms with Crippen LogP contribution in [0.3, 0.4) is 0 Å². The maximum absolute atomic E-state index is 6.56. The Labute approximate surface area is 329 Å². The fourth-order valence-corrected chi connectivity index (χ4v) is 8.94. The minimum absolute atomic E-state index is 0. The van der Waals surface area contributed by atoms with Gasteiger partial charge in [-0.05, 0) is 69.9 Å². The first kappa shape index (κ1) is 33.0. The van der Waals surface area contributed by atoms with Gasteiger partial charge in [0.15, 0.2) is 0 Å². The fraction of sp³-hybridized carbons (Fsp3) is 0.125. The molecule has 5 nitrogen and oxygen atoms in total. The van der Waals surface area contributed by atoms with Crippen molar-refractivity contribution in [1.29, 1.82) is 0 Å². The van der Waals surface area contributed by atoms with E-state index in [1.54, 1.807) is 0 Å². The molecule has 0 saturated carbocycles. The van der Waals surface area contributed by atoms with E-state index >= 15 is 0 Å². The number of ether oxygens (including phenoxy) is 1. The molecular formula is C48H35N4OPt-3. The molecule has 4 aliphatic rings. The first-order valence-corrected chi connectivity index (χ1v) is 18.4. The van der Waals surface area contributed by atoms with Crippen molar-refractivity contribution < 1.29 is 25.8 Å². The van der Waals surface area contributed by atoms with E-state index in [9.17, 15) is 0 Å². The Morgan fingerprint density at radius 3 is 2.06 bits per heavy atom. The molecule has 3 aliphatic carbocycles. The van der Waals surface area contributed by atoms with Gasteiger partial charge in [-0.15, -0.1) is 41.4 Å². The van der Waals surface area contributed by atoms with Crippen LogP contribution in [0, 0.1) is 24.7 Å². The molecule has 0 saturated heterocycles. The van der Waals surface area contributed by atoms with Crippen LogP contribution in [0.4, 0.5) is 17.1 Å². The van der Waals surface area contributed by atoms with Gasteiger partial charge < -0.3 is 19.1 Å². The Morgan fingerprint density at radius 2 is 1.30 bits per heavy atom. The normalized spacial score (nSPS) is 16.3. The summed E-state index contributed by atoms with van der Waals surface area (Å²) in [6.45, 7) is 7.60. The van der Waals surface area contributed by atoms with E-state index in [-0.39, 0.29) is 32.9 Å². The van der Waals surface area contributed by atoms with Gasteiger partial charge in [0.1, 0.15) is 5.82 Å². The fourth-order valence-electron chi connectivity index (χ4n) is 8.94. The molecule has 6 aromatic carbocycles. The summed E-state index contributed by atoms with van der Waals surface area (Å²) in [6.07, 6.45) is 0. The Kier molecular flexibility index (Phi) is 7.78. The Hall–Kier alpha value is -5.64. The molecule has 8 aromatic rings. The van der Waals surface area contributed by atoms with Crippen LogP contribution in [0.15, 0.2) is 140 Å². The topological polar surface area (TPSA) is 33.5 Å². The van der Waals surface area contributed by atoms with Crippen LogP contribution in [0.1, 0.15) is 59.2 Å². The number of aromatic nitrogens is 2. The predicted molar refractivity (Wildman–Crippen MR) is 213 cm³/mol. The summed E-state index contributed by atoms with van der Waals surface area (Å²) in [4.78, 5) is 10.0. The van der Waals surface area contributed by atoms with E-state index in [1.165, 1.54) is 33.5 Å². The Morgan fingerprint density at radius 1 is 0.630 bits per heavy atom. The van der Waals surface area contributed by atoms with Crippen LogP contribution < -0.4 is 14.5 Å². The van der Waals surface area contributed by atoms with Crippen LogP contribution in [0.25, 0.3) is 27.6 Å². The molecule has 0 atom stereocenters. The summed E-state index contributed by atoms with van der Waals surface area (Å²) in [5.41, 5.74) is 13.2. The minimum Gasteiger partial charge on any atom is -0.509 e. The van der Waals surface area contributed by atoms with Gasteiger partial charge in [0, 0.05) is 55.4 Å². The zero-order valence-corrected chi connectivity index (χ0v) is 32.1. The third-order valence-corrected chi connectivity index (χ3v) is 11.0. The molecule has 266 valence electrons. The molecule has 3 heterocycles. The van der Waals surface area contributed by atoms with Gasteiger partial charge in [-0.1, -0.05) is 104 Å². The quantitative estimate of drug-likeness (QED) is 0.156. The smallest absolute Gasteiger partial charge is 0.135 e. The van der Waals surface area contributed by atoms with Crippen molar-refractivity contribution >= 4 is 38.9 Å². The monoisotopic (exact) mass is 878 g/mol. The number of anilines is 3. The summed E-state index contributed by atoms with van der Waals surface area (Å²) in [6, 6.07) is 56.8. The molecule has 54 heavy (non-hydrogen) atoms. The van der Waals surface area contributed by atoms with Gasteiger partial charge in [-0.25, -0.2) is 4.98 Å². The van der Waals surface area contributed by atoms with Gasteiger partial charge in [-0.2, -0.15) is 18.8 Å². The van der Waals surface area contributed by atoms with Gasteiger partial charge in [0.2, 0.25) is 0 Å². The van der Waals surface area contributed by atoms with Crippen molar-refractivity contribution in [1.82, 2.24) is 9.55 Å². The second kappa shape index (κ2) is 12.7. The number of pyridine rings is 1. The minimum atomic E-state index is 0. The van der Waals surface area contributed by atoms with Crippen molar-refractivity contribution in [2.45, 2.75) is 25.7 Å². The van der Waals surface area contributed by atoms with Crippen LogP contribution in [0.2, 0.25) is 0 Å². The van der Waals surface area contributed by atoms with Gasteiger partial charge in [-0.3, -0.25) is 0 Å². The number of hydrogen-bond acceptors (Lipinski definition) is 4. The second-order valence-electron chi connectivity index (χ2n) is 14.7. The number of fused-ring (bicyclic) bond motifs is 4. The van der Waals surface area contributed by atoms with Crippen molar-refractivity contribution in [2.24, 2.45) is 5.92 Å². The zero-order valence-electron chi connectivity index (χ0n) is 29.8. The number of hydrogen-bond donors (Lipinski definition) is 0. The predicted octanol–water partition coefficient (Wildman–Crippen LogP) is 11.3. The third-order valence-electron chi connectivity index (χ3n) is 11.0. The molecular weight excluding hydrogens is 844 g/mol. The number of para-hydroxylation sites is 3. The van der Waals surface area contributed by atoms with Crippen molar-refractivity contribution in [3.8, 4) is 17.3 Å². The van der Waals surface area contributed by atoms with E-state index in [1.807, 2.05) is 18.2 Å². The largest absolute Gasteiger partial charge is 0.509 e. The first-order chi connectivity index (χ1) is 26.1. The van der Waals surface area contributed by atoms with Crippen LogP contribution in [-0.4, -0.2) is 16.1 Å². The molecule has 1 aliphatic heterocycles. The third kappa shape index (κ3) is 4.98. The zero-order chi connectivity index (χ0) is 35.2. The number of benzene rings is 6. The molecule has 0 radical (unpaired) electrons. The number of rotatable bonds is 6. The summed E-state index contributed by atoms with van der Waals surface area (Å²) in [7, 11) is 0. The average molecular weight is 879 g/mol. The molecule has 2 bridgehead atoms. The first-order valence-electron chi connectivity index (χ1n) is 18.4. The van der Waals surface area contributed by atoms with Gasteiger partial charge in [0.05, 0.1) is 11.6 Å². The molecule has 0 spiro atoms. The molecule has 0 amide bonds. The summed E-state index contributed by atoms with van der Waals surface area (Å²) in [5.74, 6) is 2.95. The molecule has 0 fully saturated rings. The SMILES string of the molecule is CC(C)CN1[CH-]N(c2[c-]c(Oc3[c-]c4c(cc3)c3ccccc3n4-c3ccc4c(n3)C3c5ccccc5C4c4ccccc43)ccc2)c2ccccc21.[Pt]. The Bertz CT molecular complexity index is 2700. The van der Waals surface area contributed by atoms with E-state index in [2.05, 4.69) is 168 Å². The molecule has 6 heteroatoms. The van der Waals surface area contributed by atoms with Crippen molar-refractivity contribution in [3.63, 3.8) is 0 Å². The average Bonchev–Trinajstić information content (AvgIpc) is 3.72. The maximum Gasteiger partial charge on any atom is 0.135 e. The van der Waals surface area contributed by atoms with Crippen LogP contribution in [-0.2, 0) is 21.1 Å². The molecule has 0 N–H and O–H groups in total. The molecule has 2 aromatic heterocycles. The standard InChI is InChI=1S/C48H35N4O.Pt/c1-30(2)28-50-29-51(43-21-10-9-20-42(43)50)31-12-11-13-32(26-31)53-33-22-23-35-34-14-7-8-19-41(34)52(44(35)27-33)45-25-24-40-46-36-15-3-5-17-38(36)47(48(40)49-45)39-18-6-4-16-37(39)46;/h3-25,29-30,46-47H,28H2,1-2H3;/q-3;. The van der Waals surface area contributed by atoms with E-state index < -0.39 is 0 Å². The van der Waals surface area contributed by atoms with Gasteiger partial charge >= 0.3 is 0 Å². The second-order valence-corrected chi connectivity index (χ2v) is 14.7. The number of nitrogens with zero attached hydrogens (tertiary/aromatic N) is 4. The van der Waals surface area contributed by atoms with E-state index in [4.69, 9.17) is 9.72 Å².